The van der Waals surface area contributed by atoms with Gasteiger partial charge in [0.05, 0.1) is 17.4 Å². The number of nitrogens with one attached hydrogen (secondary N) is 1. The number of hydrogen-bond donors (Lipinski definition) is 3. The van der Waals surface area contributed by atoms with Gasteiger partial charge in [0.25, 0.3) is 5.91 Å². The van der Waals surface area contributed by atoms with E-state index < -0.39 is 53.7 Å². The summed E-state index contributed by atoms with van der Waals surface area (Å²) >= 11 is 0. The van der Waals surface area contributed by atoms with E-state index in [9.17, 15) is 32.3 Å². The number of fused-ring (bicyclic) bond motifs is 1. The fourth-order valence-electron chi connectivity index (χ4n) is 6.16. The minimum atomic E-state index is -4.94. The first-order valence-electron chi connectivity index (χ1n) is 15.1. The number of alkyl halides is 3. The number of hydrogen-bond acceptors (Lipinski definition) is 4. The molecule has 11 heteroatoms. The standard InChI is InChI=1S/C35H40F4N4O3/c1-20(2)30(31(40)44)42-32(45)24-8-7-9-26(16-24)43-29-15-21(3)14-23(27(29)18-41-43)12-13-34(46,35(37,38)39)19-33(5,6)28-17-25(36)11-10-22(28)4/h7-11,14-18,20,30,46H,12-13,19H2,1-6H3,(H2,40,44)(H,42,45)/t30-,34?/m1/s1. The molecule has 246 valence electrons. The maximum absolute atomic E-state index is 14.5. The average Bonchev–Trinajstić information content (AvgIpc) is 3.38. The molecule has 0 saturated carbocycles. The topological polar surface area (TPSA) is 110 Å². The first kappa shape index (κ1) is 34.6. The molecule has 0 saturated heterocycles. The summed E-state index contributed by atoms with van der Waals surface area (Å²) in [6, 6.07) is 13.3. The highest BCUT2D eigenvalue weighted by atomic mass is 19.4. The van der Waals surface area contributed by atoms with Crippen LogP contribution in [0, 0.1) is 25.6 Å². The number of primary amides is 1. The van der Waals surface area contributed by atoms with Gasteiger partial charge in [-0.25, -0.2) is 9.07 Å². The van der Waals surface area contributed by atoms with E-state index in [0.717, 1.165) is 5.56 Å². The smallest absolute Gasteiger partial charge is 0.380 e. The molecule has 0 spiro atoms. The molecule has 7 nitrogen and oxygen atoms in total. The zero-order valence-electron chi connectivity index (χ0n) is 26.8. The van der Waals surface area contributed by atoms with Gasteiger partial charge in [0.2, 0.25) is 5.91 Å². The highest BCUT2D eigenvalue weighted by Gasteiger charge is 2.55. The molecular formula is C35H40F4N4O3. The summed E-state index contributed by atoms with van der Waals surface area (Å²) in [5, 5.41) is 18.9. The maximum atomic E-state index is 14.5. The third-order valence-electron chi connectivity index (χ3n) is 8.53. The second kappa shape index (κ2) is 12.9. The molecule has 0 aliphatic heterocycles. The Labute approximate surface area is 265 Å². The summed E-state index contributed by atoms with van der Waals surface area (Å²) in [6.45, 7) is 10.2. The largest absolute Gasteiger partial charge is 0.417 e. The lowest BCUT2D eigenvalue weighted by Gasteiger charge is -2.38. The molecular weight excluding hydrogens is 600 g/mol. The van der Waals surface area contributed by atoms with Crippen LogP contribution >= 0.6 is 0 Å². The number of aromatic nitrogens is 2. The van der Waals surface area contributed by atoms with Crippen molar-refractivity contribution in [3.05, 3.63) is 94.4 Å². The van der Waals surface area contributed by atoms with Crippen molar-refractivity contribution in [3.8, 4) is 5.69 Å². The summed E-state index contributed by atoms with van der Waals surface area (Å²) in [5.41, 5.74) is 4.99. The molecule has 4 aromatic rings. The molecule has 0 aliphatic carbocycles. The highest BCUT2D eigenvalue weighted by Crippen LogP contribution is 2.44. The fraction of sp³-hybridized carbons (Fsp3) is 0.400. The predicted octanol–water partition coefficient (Wildman–Crippen LogP) is 6.62. The minimum absolute atomic E-state index is 0.107. The molecule has 0 radical (unpaired) electrons. The lowest BCUT2D eigenvalue weighted by Crippen LogP contribution is -2.49. The number of carbonyl (C=O) groups excluding carboxylic acids is 2. The molecule has 1 aromatic heterocycles. The van der Waals surface area contributed by atoms with E-state index in [4.69, 9.17) is 5.73 Å². The molecule has 0 aliphatic rings. The quantitative estimate of drug-likeness (QED) is 0.160. The van der Waals surface area contributed by atoms with Crippen LogP contribution in [0.2, 0.25) is 0 Å². The fourth-order valence-corrected chi connectivity index (χ4v) is 6.16. The third kappa shape index (κ3) is 7.25. The molecule has 0 fully saturated rings. The second-order valence-electron chi connectivity index (χ2n) is 13.1. The first-order valence-corrected chi connectivity index (χ1v) is 15.1. The zero-order chi connectivity index (χ0) is 34.2. The van der Waals surface area contributed by atoms with Crippen molar-refractivity contribution < 1.29 is 32.3 Å². The van der Waals surface area contributed by atoms with Gasteiger partial charge < -0.3 is 16.2 Å². The van der Waals surface area contributed by atoms with Gasteiger partial charge in [-0.05, 0) is 103 Å². The molecule has 2 atom stereocenters. The van der Waals surface area contributed by atoms with Crippen LogP contribution in [0.1, 0.15) is 73.1 Å². The van der Waals surface area contributed by atoms with Crippen molar-refractivity contribution in [3.63, 3.8) is 0 Å². The number of nitrogens with two attached hydrogens (primary N) is 1. The van der Waals surface area contributed by atoms with Crippen molar-refractivity contribution >= 4 is 22.7 Å². The lowest BCUT2D eigenvalue weighted by molar-refractivity contribution is -0.269. The molecule has 0 bridgehead atoms. The molecule has 3 aromatic carbocycles. The van der Waals surface area contributed by atoms with E-state index in [1.54, 1.807) is 75.8 Å². The van der Waals surface area contributed by atoms with E-state index in [2.05, 4.69) is 10.4 Å². The SMILES string of the molecule is Cc1cc(CCC(O)(CC(C)(C)c2cc(F)ccc2C)C(F)(F)F)c2cnn(-c3cccc(C(=O)N[C@@H](C(N)=O)C(C)C)c3)c2c1. The van der Waals surface area contributed by atoms with Crippen LogP contribution in [-0.2, 0) is 16.6 Å². The number of benzene rings is 3. The average molecular weight is 641 g/mol. The molecule has 4 rings (SSSR count). The Morgan fingerprint density at radius 2 is 1.74 bits per heavy atom. The number of amides is 2. The van der Waals surface area contributed by atoms with E-state index in [1.165, 1.54) is 18.2 Å². The molecule has 2 amide bonds. The molecule has 1 heterocycles. The van der Waals surface area contributed by atoms with Crippen molar-refractivity contribution in [2.75, 3.05) is 0 Å². The predicted molar refractivity (Wildman–Crippen MR) is 169 cm³/mol. The summed E-state index contributed by atoms with van der Waals surface area (Å²) in [5.74, 6) is -1.91. The van der Waals surface area contributed by atoms with Crippen LogP contribution in [0.4, 0.5) is 17.6 Å². The second-order valence-corrected chi connectivity index (χ2v) is 13.1. The van der Waals surface area contributed by atoms with E-state index >= 15 is 0 Å². The van der Waals surface area contributed by atoms with Gasteiger partial charge in [0.15, 0.2) is 5.60 Å². The number of aryl methyl sites for hydroxylation is 3. The van der Waals surface area contributed by atoms with Gasteiger partial charge in [0, 0.05) is 10.9 Å². The number of carbonyl (C=O) groups is 2. The molecule has 4 N–H and O–H groups in total. The summed E-state index contributed by atoms with van der Waals surface area (Å²) in [6.07, 6.45) is -4.78. The van der Waals surface area contributed by atoms with Gasteiger partial charge in [-0.15, -0.1) is 0 Å². The van der Waals surface area contributed by atoms with Crippen molar-refractivity contribution in [2.24, 2.45) is 11.7 Å². The maximum Gasteiger partial charge on any atom is 0.417 e. The Bertz CT molecular complexity index is 1760. The van der Waals surface area contributed by atoms with Gasteiger partial charge >= 0.3 is 6.18 Å². The van der Waals surface area contributed by atoms with E-state index in [-0.39, 0.29) is 17.9 Å². The van der Waals surface area contributed by atoms with Crippen LogP contribution in [0.5, 0.6) is 0 Å². The number of aliphatic hydroxyl groups is 1. The summed E-state index contributed by atoms with van der Waals surface area (Å²) < 4.78 is 59.2. The zero-order valence-corrected chi connectivity index (χ0v) is 26.8. The normalized spacial score (nSPS) is 14.3. The Morgan fingerprint density at radius 3 is 2.37 bits per heavy atom. The van der Waals surface area contributed by atoms with Crippen LogP contribution in [0.25, 0.3) is 16.6 Å². The van der Waals surface area contributed by atoms with Crippen LogP contribution < -0.4 is 11.1 Å². The Hall–Kier alpha value is -4.25. The molecule has 1 unspecified atom stereocenters. The minimum Gasteiger partial charge on any atom is -0.380 e. The van der Waals surface area contributed by atoms with Gasteiger partial charge in [-0.1, -0.05) is 45.9 Å². The number of halogens is 4. The van der Waals surface area contributed by atoms with Gasteiger partial charge in [-0.2, -0.15) is 18.3 Å². The highest BCUT2D eigenvalue weighted by molar-refractivity contribution is 5.98. The van der Waals surface area contributed by atoms with Crippen LogP contribution in [-0.4, -0.2) is 44.5 Å². The Balaban J connectivity index is 1.65. The van der Waals surface area contributed by atoms with Crippen molar-refractivity contribution in [1.82, 2.24) is 15.1 Å². The van der Waals surface area contributed by atoms with Gasteiger partial charge in [0.1, 0.15) is 11.9 Å². The van der Waals surface area contributed by atoms with E-state index in [1.807, 2.05) is 13.0 Å². The van der Waals surface area contributed by atoms with Crippen molar-refractivity contribution in [2.45, 2.75) is 84.0 Å². The molecule has 46 heavy (non-hydrogen) atoms. The van der Waals surface area contributed by atoms with Crippen LogP contribution in [0.3, 0.4) is 0 Å². The Morgan fingerprint density at radius 1 is 1.04 bits per heavy atom. The third-order valence-corrected chi connectivity index (χ3v) is 8.53. The first-order chi connectivity index (χ1) is 21.3. The van der Waals surface area contributed by atoms with Gasteiger partial charge in [-0.3, -0.25) is 9.59 Å². The van der Waals surface area contributed by atoms with Crippen LogP contribution in [0.15, 0.2) is 60.8 Å². The summed E-state index contributed by atoms with van der Waals surface area (Å²) in [4.78, 5) is 24.8. The Kier molecular flexibility index (Phi) is 9.68. The van der Waals surface area contributed by atoms with Crippen molar-refractivity contribution in [1.29, 1.82) is 0 Å². The number of nitrogens with zero attached hydrogens (tertiary/aromatic N) is 2. The monoisotopic (exact) mass is 640 g/mol. The summed E-state index contributed by atoms with van der Waals surface area (Å²) in [7, 11) is 0. The van der Waals surface area contributed by atoms with E-state index in [0.29, 0.717) is 33.3 Å². The number of rotatable bonds is 11. The lowest BCUT2D eigenvalue weighted by atomic mass is 9.72.